The van der Waals surface area contributed by atoms with E-state index in [2.05, 4.69) is 5.32 Å². The number of nitrogens with one attached hydrogen (secondary N) is 1. The summed E-state index contributed by atoms with van der Waals surface area (Å²) in [6, 6.07) is 9.72. The summed E-state index contributed by atoms with van der Waals surface area (Å²) in [7, 11) is 0. The van der Waals surface area contributed by atoms with Crippen LogP contribution in [0.2, 0.25) is 0 Å². The molecule has 1 aromatic carbocycles. The molecule has 208 valence electrons. The zero-order valence-electron chi connectivity index (χ0n) is 22.4. The Morgan fingerprint density at radius 3 is 2.67 bits per heavy atom. The first-order valence-electron chi connectivity index (χ1n) is 13.9. The molecule has 6 rings (SSSR count). The van der Waals surface area contributed by atoms with Gasteiger partial charge in [-0.25, -0.2) is 9.78 Å². The first-order chi connectivity index (χ1) is 19.5. The van der Waals surface area contributed by atoms with Crippen LogP contribution in [-0.4, -0.2) is 33.8 Å². The topological polar surface area (TPSA) is 90.3 Å². The fourth-order valence-corrected chi connectivity index (χ4v) is 8.91. The molecule has 0 bridgehead atoms. The van der Waals surface area contributed by atoms with Crippen LogP contribution in [0, 0.1) is 0 Å². The fraction of sp³-hybridized carbons (Fsp3) is 0.400. The minimum Gasteiger partial charge on any atom is -0.462 e. The molecular formula is C30H31N3O4S3. The van der Waals surface area contributed by atoms with Crippen molar-refractivity contribution in [3.8, 4) is 11.1 Å². The molecule has 0 saturated heterocycles. The van der Waals surface area contributed by atoms with E-state index < -0.39 is 5.97 Å². The third kappa shape index (κ3) is 5.24. The predicted molar refractivity (Wildman–Crippen MR) is 163 cm³/mol. The number of anilines is 1. The SMILES string of the molecule is CCOC(=O)c1c(-c2ccccc2)csc1NC(=O)CSc1nc2sc3c(c2c(=O)n1C1CCCC1)CCCC3. The van der Waals surface area contributed by atoms with Gasteiger partial charge in [-0.05, 0) is 56.6 Å². The molecule has 0 aliphatic heterocycles. The molecule has 4 aromatic rings. The van der Waals surface area contributed by atoms with Gasteiger partial charge < -0.3 is 10.1 Å². The van der Waals surface area contributed by atoms with Crippen molar-refractivity contribution in [1.29, 1.82) is 0 Å². The number of hydrogen-bond acceptors (Lipinski definition) is 8. The Balaban J connectivity index is 1.28. The molecule has 0 unspecified atom stereocenters. The van der Waals surface area contributed by atoms with Crippen LogP contribution in [0.15, 0.2) is 45.7 Å². The van der Waals surface area contributed by atoms with Crippen molar-refractivity contribution in [2.75, 3.05) is 17.7 Å². The molecule has 2 aliphatic carbocycles. The lowest BCUT2D eigenvalue weighted by Crippen LogP contribution is -2.27. The number of aryl methyl sites for hydroxylation is 2. The summed E-state index contributed by atoms with van der Waals surface area (Å²) in [5.74, 6) is -0.638. The molecule has 1 fully saturated rings. The van der Waals surface area contributed by atoms with Gasteiger partial charge in [0.15, 0.2) is 5.16 Å². The van der Waals surface area contributed by atoms with Crippen molar-refractivity contribution in [2.24, 2.45) is 0 Å². The Bertz CT molecular complexity index is 1620. The van der Waals surface area contributed by atoms with Crippen LogP contribution in [0.3, 0.4) is 0 Å². The number of carbonyl (C=O) groups excluding carboxylic acids is 2. The molecule has 1 saturated carbocycles. The lowest BCUT2D eigenvalue weighted by atomic mass is 9.97. The number of benzene rings is 1. The van der Waals surface area contributed by atoms with Gasteiger partial charge in [-0.2, -0.15) is 0 Å². The average molecular weight is 594 g/mol. The average Bonchev–Trinajstić information content (AvgIpc) is 3.71. The van der Waals surface area contributed by atoms with Crippen molar-refractivity contribution in [3.63, 3.8) is 0 Å². The highest BCUT2D eigenvalue weighted by Crippen LogP contribution is 2.39. The molecule has 40 heavy (non-hydrogen) atoms. The van der Waals surface area contributed by atoms with Crippen molar-refractivity contribution in [3.05, 3.63) is 62.1 Å². The molecule has 0 spiro atoms. The van der Waals surface area contributed by atoms with Gasteiger partial charge in [0, 0.05) is 21.9 Å². The maximum Gasteiger partial charge on any atom is 0.341 e. The highest BCUT2D eigenvalue weighted by atomic mass is 32.2. The summed E-state index contributed by atoms with van der Waals surface area (Å²) in [4.78, 5) is 47.1. The summed E-state index contributed by atoms with van der Waals surface area (Å²) in [6.07, 6.45) is 8.33. The van der Waals surface area contributed by atoms with Crippen molar-refractivity contribution >= 4 is 61.5 Å². The normalized spacial score (nSPS) is 15.3. The Labute approximate surface area is 245 Å². The van der Waals surface area contributed by atoms with Crippen LogP contribution in [0.4, 0.5) is 5.00 Å². The summed E-state index contributed by atoms with van der Waals surface area (Å²) in [6.45, 7) is 2.00. The number of ether oxygens (including phenoxy) is 1. The summed E-state index contributed by atoms with van der Waals surface area (Å²) in [5, 5.41) is 6.68. The van der Waals surface area contributed by atoms with Gasteiger partial charge in [-0.15, -0.1) is 22.7 Å². The van der Waals surface area contributed by atoms with Crippen molar-refractivity contribution < 1.29 is 14.3 Å². The van der Waals surface area contributed by atoms with Crippen LogP contribution < -0.4 is 10.9 Å². The van der Waals surface area contributed by atoms with E-state index in [9.17, 15) is 14.4 Å². The van der Waals surface area contributed by atoms with Crippen LogP contribution in [0.25, 0.3) is 21.3 Å². The number of fused-ring (bicyclic) bond motifs is 3. The molecule has 1 amide bonds. The second-order valence-electron chi connectivity index (χ2n) is 10.2. The van der Waals surface area contributed by atoms with E-state index in [-0.39, 0.29) is 29.9 Å². The van der Waals surface area contributed by atoms with E-state index in [1.165, 1.54) is 33.5 Å². The van der Waals surface area contributed by atoms with Crippen LogP contribution in [0.5, 0.6) is 0 Å². The zero-order chi connectivity index (χ0) is 27.6. The van der Waals surface area contributed by atoms with Crippen LogP contribution in [0.1, 0.15) is 72.3 Å². The number of amides is 1. The summed E-state index contributed by atoms with van der Waals surface area (Å²) < 4.78 is 7.20. The third-order valence-corrected chi connectivity index (χ3v) is 10.7. The van der Waals surface area contributed by atoms with E-state index >= 15 is 0 Å². The molecule has 0 atom stereocenters. The highest BCUT2D eigenvalue weighted by molar-refractivity contribution is 7.99. The molecule has 10 heteroatoms. The minimum absolute atomic E-state index is 0.0505. The van der Waals surface area contributed by atoms with E-state index in [1.54, 1.807) is 18.3 Å². The molecule has 7 nitrogen and oxygen atoms in total. The van der Waals surface area contributed by atoms with Crippen LogP contribution >= 0.6 is 34.4 Å². The number of thiophene rings is 2. The van der Waals surface area contributed by atoms with Crippen LogP contribution in [-0.2, 0) is 22.4 Å². The van der Waals surface area contributed by atoms with E-state index in [0.29, 0.717) is 15.7 Å². The fourth-order valence-electron chi connectivity index (χ4n) is 5.76. The van der Waals surface area contributed by atoms with Gasteiger partial charge in [0.1, 0.15) is 15.4 Å². The number of thioether (sulfide) groups is 1. The molecular weight excluding hydrogens is 563 g/mol. The smallest absolute Gasteiger partial charge is 0.341 e. The van der Waals surface area contributed by atoms with Gasteiger partial charge in [0.25, 0.3) is 5.56 Å². The second-order valence-corrected chi connectivity index (χ2v) is 13.1. The zero-order valence-corrected chi connectivity index (χ0v) is 24.8. The first kappa shape index (κ1) is 27.2. The molecule has 2 aliphatic rings. The Hall–Kier alpha value is -2.95. The van der Waals surface area contributed by atoms with Gasteiger partial charge >= 0.3 is 5.97 Å². The van der Waals surface area contributed by atoms with Crippen molar-refractivity contribution in [1.82, 2.24) is 9.55 Å². The monoisotopic (exact) mass is 593 g/mol. The minimum atomic E-state index is -0.464. The second kappa shape index (κ2) is 11.9. The molecule has 0 radical (unpaired) electrons. The quantitative estimate of drug-likeness (QED) is 0.133. The molecule has 3 aromatic heterocycles. The Kier molecular flexibility index (Phi) is 8.09. The lowest BCUT2D eigenvalue weighted by molar-refractivity contribution is -0.113. The number of hydrogen-bond donors (Lipinski definition) is 1. The third-order valence-electron chi connectivity index (χ3n) is 7.62. The predicted octanol–water partition coefficient (Wildman–Crippen LogP) is 7.09. The highest BCUT2D eigenvalue weighted by Gasteiger charge is 2.28. The Morgan fingerprint density at radius 1 is 1.12 bits per heavy atom. The van der Waals surface area contributed by atoms with Gasteiger partial charge in [0.2, 0.25) is 5.91 Å². The summed E-state index contributed by atoms with van der Waals surface area (Å²) in [5.41, 5.74) is 3.23. The number of carbonyl (C=O) groups is 2. The van der Waals surface area contributed by atoms with Gasteiger partial charge in [-0.3, -0.25) is 14.2 Å². The first-order valence-corrected chi connectivity index (χ1v) is 16.6. The number of esters is 1. The summed E-state index contributed by atoms with van der Waals surface area (Å²) >= 11 is 4.24. The van der Waals surface area contributed by atoms with E-state index in [4.69, 9.17) is 9.72 Å². The number of nitrogens with zero attached hydrogens (tertiary/aromatic N) is 2. The molecule has 1 N–H and O–H groups in total. The largest absolute Gasteiger partial charge is 0.462 e. The van der Waals surface area contributed by atoms with E-state index in [0.717, 1.165) is 72.7 Å². The van der Waals surface area contributed by atoms with E-state index in [1.807, 2.05) is 40.3 Å². The Morgan fingerprint density at radius 2 is 1.90 bits per heavy atom. The lowest BCUT2D eigenvalue weighted by Gasteiger charge is -2.18. The number of aromatic nitrogens is 2. The van der Waals surface area contributed by atoms with Crippen molar-refractivity contribution in [2.45, 2.75) is 69.5 Å². The standard InChI is InChI=1S/C30H31N3O4S3/c1-2-37-29(36)25-21(18-10-4-3-5-11-18)16-38-26(25)31-23(34)17-39-30-32-27-24(20-14-8-9-15-22(20)40-27)28(35)33(30)19-12-6-7-13-19/h3-5,10-11,16,19H,2,6-9,12-15,17H2,1H3,(H,31,34). The van der Waals surface area contributed by atoms with Gasteiger partial charge in [0.05, 0.1) is 17.7 Å². The maximum absolute atomic E-state index is 13.9. The van der Waals surface area contributed by atoms with Gasteiger partial charge in [-0.1, -0.05) is 54.9 Å². The number of rotatable bonds is 8. The molecule has 3 heterocycles. The maximum atomic E-state index is 13.9.